The van der Waals surface area contributed by atoms with Gasteiger partial charge in [0, 0.05) is 38.3 Å². The molecule has 1 aromatic carbocycles. The third-order valence-electron chi connectivity index (χ3n) is 3.84. The van der Waals surface area contributed by atoms with Crippen molar-refractivity contribution in [2.45, 2.75) is 12.6 Å². The fourth-order valence-corrected chi connectivity index (χ4v) is 2.71. The number of rotatable bonds is 5. The number of hydrogen-bond donors (Lipinski definition) is 1. The second-order valence-electron chi connectivity index (χ2n) is 5.17. The Morgan fingerprint density at radius 1 is 1.14 bits per heavy atom. The molecule has 0 amide bonds. The van der Waals surface area contributed by atoms with Crippen molar-refractivity contribution in [3.8, 4) is 11.5 Å². The number of alkyl halides is 3. The Labute approximate surface area is 128 Å². The minimum Gasteiger partial charge on any atom is -0.493 e. The van der Waals surface area contributed by atoms with Crippen LogP contribution in [0.15, 0.2) is 12.1 Å². The number of benzene rings is 1. The molecule has 7 heteroatoms. The third-order valence-corrected chi connectivity index (χ3v) is 3.84. The van der Waals surface area contributed by atoms with E-state index in [1.165, 1.54) is 20.3 Å². The van der Waals surface area contributed by atoms with Gasteiger partial charge in [0.05, 0.1) is 19.8 Å². The molecule has 0 bridgehead atoms. The minimum absolute atomic E-state index is 0.160. The molecule has 0 spiro atoms. The average molecular weight is 318 g/mol. The minimum atomic E-state index is -4.40. The van der Waals surface area contributed by atoms with Gasteiger partial charge < -0.3 is 19.7 Å². The van der Waals surface area contributed by atoms with Gasteiger partial charge in [-0.3, -0.25) is 0 Å². The molecule has 22 heavy (non-hydrogen) atoms. The van der Waals surface area contributed by atoms with Crippen LogP contribution in [-0.4, -0.2) is 51.8 Å². The van der Waals surface area contributed by atoms with Gasteiger partial charge in [0.25, 0.3) is 0 Å². The summed E-state index contributed by atoms with van der Waals surface area (Å²) in [6.45, 7) is 3.97. The molecule has 0 aliphatic carbocycles. The van der Waals surface area contributed by atoms with E-state index in [9.17, 15) is 13.2 Å². The monoisotopic (exact) mass is 318 g/mol. The molecule has 1 aliphatic rings. The zero-order valence-electron chi connectivity index (χ0n) is 12.8. The van der Waals surface area contributed by atoms with Crippen LogP contribution in [0.25, 0.3) is 0 Å². The maximum Gasteiger partial charge on any atom is 0.416 e. The summed E-state index contributed by atoms with van der Waals surface area (Å²) in [6, 6.07) is 2.37. The van der Waals surface area contributed by atoms with Crippen LogP contribution in [0.3, 0.4) is 0 Å². The van der Waals surface area contributed by atoms with E-state index in [0.717, 1.165) is 32.2 Å². The molecule has 1 saturated heterocycles. The Morgan fingerprint density at radius 2 is 1.82 bits per heavy atom. The van der Waals surface area contributed by atoms with Gasteiger partial charge in [0.1, 0.15) is 0 Å². The molecule has 0 radical (unpaired) electrons. The van der Waals surface area contributed by atoms with E-state index in [1.807, 2.05) is 0 Å². The van der Waals surface area contributed by atoms with Crippen LogP contribution in [0, 0.1) is 0 Å². The molecule has 0 saturated carbocycles. The lowest BCUT2D eigenvalue weighted by Gasteiger charge is -2.28. The number of nitrogens with one attached hydrogen (secondary N) is 1. The first-order valence-electron chi connectivity index (χ1n) is 7.21. The third kappa shape index (κ3) is 3.84. The van der Waals surface area contributed by atoms with Crippen molar-refractivity contribution in [1.82, 2.24) is 10.2 Å². The lowest BCUT2D eigenvalue weighted by molar-refractivity contribution is -0.138. The first kappa shape index (κ1) is 16.9. The Morgan fingerprint density at radius 3 is 2.36 bits per heavy atom. The predicted octanol–water partition coefficient (Wildman–Crippen LogP) is 2.17. The number of piperazine rings is 1. The predicted molar refractivity (Wildman–Crippen MR) is 77.6 cm³/mol. The van der Waals surface area contributed by atoms with Gasteiger partial charge in [0.2, 0.25) is 0 Å². The lowest BCUT2D eigenvalue weighted by Crippen LogP contribution is -2.44. The van der Waals surface area contributed by atoms with Gasteiger partial charge in [0.15, 0.2) is 11.5 Å². The average Bonchev–Trinajstić information content (AvgIpc) is 2.51. The van der Waals surface area contributed by atoms with Crippen LogP contribution in [0.4, 0.5) is 13.2 Å². The molecule has 1 fully saturated rings. The second kappa shape index (κ2) is 7.19. The van der Waals surface area contributed by atoms with E-state index in [2.05, 4.69) is 10.2 Å². The van der Waals surface area contributed by atoms with E-state index in [4.69, 9.17) is 9.47 Å². The maximum atomic E-state index is 13.2. The van der Waals surface area contributed by atoms with E-state index in [1.54, 1.807) is 0 Å². The Hall–Kier alpha value is -1.47. The summed E-state index contributed by atoms with van der Waals surface area (Å²) in [5.41, 5.74) is -0.492. The Balaban J connectivity index is 2.28. The van der Waals surface area contributed by atoms with Crippen molar-refractivity contribution in [2.24, 2.45) is 0 Å². The molecule has 1 aliphatic heterocycles. The van der Waals surface area contributed by atoms with Crippen LogP contribution >= 0.6 is 0 Å². The second-order valence-corrected chi connectivity index (χ2v) is 5.17. The zero-order valence-corrected chi connectivity index (χ0v) is 12.8. The highest BCUT2D eigenvalue weighted by Crippen LogP contribution is 2.41. The summed E-state index contributed by atoms with van der Waals surface area (Å²) < 4.78 is 50.0. The van der Waals surface area contributed by atoms with Crippen LogP contribution < -0.4 is 14.8 Å². The van der Waals surface area contributed by atoms with E-state index < -0.39 is 11.7 Å². The Bertz CT molecular complexity index is 500. The van der Waals surface area contributed by atoms with E-state index in [0.29, 0.717) is 12.3 Å². The molecular formula is C15H21F3N2O2. The van der Waals surface area contributed by atoms with Crippen molar-refractivity contribution in [3.05, 3.63) is 23.3 Å². The fourth-order valence-electron chi connectivity index (χ4n) is 2.71. The highest BCUT2D eigenvalue weighted by Gasteiger charge is 2.35. The van der Waals surface area contributed by atoms with Crippen molar-refractivity contribution >= 4 is 0 Å². The lowest BCUT2D eigenvalue weighted by atomic mass is 10.0. The summed E-state index contributed by atoms with van der Waals surface area (Å²) in [7, 11) is 2.79. The summed E-state index contributed by atoms with van der Waals surface area (Å²) >= 11 is 0. The molecule has 0 aromatic heterocycles. The molecule has 124 valence electrons. The summed E-state index contributed by atoms with van der Waals surface area (Å²) in [5, 5.41) is 3.22. The van der Waals surface area contributed by atoms with Gasteiger partial charge in [-0.05, 0) is 18.6 Å². The first-order valence-corrected chi connectivity index (χ1v) is 7.21. The summed E-state index contributed by atoms with van der Waals surface area (Å²) in [4.78, 5) is 2.15. The molecule has 1 heterocycles. The quantitative estimate of drug-likeness (QED) is 0.902. The van der Waals surface area contributed by atoms with Crippen molar-refractivity contribution in [1.29, 1.82) is 0 Å². The summed E-state index contributed by atoms with van der Waals surface area (Å²) in [5.74, 6) is 0.498. The van der Waals surface area contributed by atoms with Crippen LogP contribution in [0.1, 0.15) is 11.1 Å². The normalized spacial score (nSPS) is 16.6. The number of ether oxygens (including phenoxy) is 2. The molecule has 4 nitrogen and oxygen atoms in total. The number of hydrogen-bond acceptors (Lipinski definition) is 4. The summed E-state index contributed by atoms with van der Waals surface area (Å²) in [6.07, 6.45) is -4.13. The van der Waals surface area contributed by atoms with Crippen LogP contribution in [0.2, 0.25) is 0 Å². The smallest absolute Gasteiger partial charge is 0.416 e. The van der Waals surface area contributed by atoms with Gasteiger partial charge in [-0.2, -0.15) is 13.2 Å². The fraction of sp³-hybridized carbons (Fsp3) is 0.600. The Kier molecular flexibility index (Phi) is 5.52. The van der Waals surface area contributed by atoms with Gasteiger partial charge in [-0.15, -0.1) is 0 Å². The van der Waals surface area contributed by atoms with Crippen molar-refractivity contribution < 1.29 is 22.6 Å². The topological polar surface area (TPSA) is 33.7 Å². The van der Waals surface area contributed by atoms with Crippen molar-refractivity contribution in [3.63, 3.8) is 0 Å². The molecule has 1 aromatic rings. The zero-order chi connectivity index (χ0) is 16.2. The number of halogens is 3. The maximum absolute atomic E-state index is 13.2. The standard InChI is InChI=1S/C15H21F3N2O2/c1-21-13-4-3-12(15(16,17)18)11(14(13)22-2)5-8-20-9-6-19-7-10-20/h3-4,19H,5-10H2,1-2H3. The van der Waals surface area contributed by atoms with Crippen molar-refractivity contribution in [2.75, 3.05) is 46.9 Å². The van der Waals surface area contributed by atoms with Crippen LogP contribution in [0.5, 0.6) is 11.5 Å². The molecule has 0 atom stereocenters. The number of methoxy groups -OCH3 is 2. The van der Waals surface area contributed by atoms with Gasteiger partial charge in [-0.1, -0.05) is 0 Å². The van der Waals surface area contributed by atoms with Gasteiger partial charge in [-0.25, -0.2) is 0 Å². The highest BCUT2D eigenvalue weighted by molar-refractivity contribution is 5.52. The largest absolute Gasteiger partial charge is 0.493 e. The number of nitrogens with zero attached hydrogens (tertiary/aromatic N) is 1. The van der Waals surface area contributed by atoms with E-state index >= 15 is 0 Å². The van der Waals surface area contributed by atoms with E-state index in [-0.39, 0.29) is 17.7 Å². The SMILES string of the molecule is COc1ccc(C(F)(F)F)c(CCN2CCNCC2)c1OC. The van der Waals surface area contributed by atoms with Gasteiger partial charge >= 0.3 is 6.18 Å². The molecule has 0 unspecified atom stereocenters. The molecule has 2 rings (SSSR count). The first-order chi connectivity index (χ1) is 10.5. The molecular weight excluding hydrogens is 297 g/mol. The highest BCUT2D eigenvalue weighted by atomic mass is 19.4. The molecule has 1 N–H and O–H groups in total. The van der Waals surface area contributed by atoms with Crippen LogP contribution in [-0.2, 0) is 12.6 Å².